The summed E-state index contributed by atoms with van der Waals surface area (Å²) in [6, 6.07) is 0. The second-order valence-corrected chi connectivity index (χ2v) is 7.73. The Kier molecular flexibility index (Phi) is 12.0. The first-order chi connectivity index (χ1) is 11.2. The van der Waals surface area contributed by atoms with E-state index in [-0.39, 0.29) is 11.5 Å². The van der Waals surface area contributed by atoms with Gasteiger partial charge in [-0.1, -0.05) is 45.6 Å². The fraction of sp³-hybridized carbons (Fsp3) is 0.850. The van der Waals surface area contributed by atoms with E-state index in [1.54, 1.807) is 13.1 Å². The Hall–Kier alpha value is -0.870. The highest BCUT2D eigenvalue weighted by Gasteiger charge is 2.14. The SMILES string of the molecule is CC1CCC1.CCC(CC/C=C/C(=O)N(C)OC)COC(C)(C)C. The number of nitrogens with zero attached hydrogens (tertiary/aromatic N) is 1. The average Bonchev–Trinajstić information content (AvgIpc) is 2.50. The van der Waals surface area contributed by atoms with Crippen molar-refractivity contribution >= 4 is 5.91 Å². The number of allylic oxidation sites excluding steroid dienone is 1. The van der Waals surface area contributed by atoms with Crippen LogP contribution in [0, 0.1) is 11.8 Å². The highest BCUT2D eigenvalue weighted by atomic mass is 16.7. The maximum absolute atomic E-state index is 11.4. The minimum absolute atomic E-state index is 0.0829. The van der Waals surface area contributed by atoms with E-state index in [9.17, 15) is 4.79 Å². The van der Waals surface area contributed by atoms with E-state index in [1.807, 2.05) is 6.08 Å². The van der Waals surface area contributed by atoms with Gasteiger partial charge in [-0.05, 0) is 45.4 Å². The molecule has 1 aliphatic carbocycles. The minimum atomic E-state index is -0.138. The topological polar surface area (TPSA) is 38.8 Å². The lowest BCUT2D eigenvalue weighted by molar-refractivity contribution is -0.162. The molecule has 0 aromatic heterocycles. The van der Waals surface area contributed by atoms with Gasteiger partial charge < -0.3 is 4.74 Å². The number of likely N-dealkylation sites (N-methyl/N-ethyl adjacent to an activating group) is 1. The van der Waals surface area contributed by atoms with Gasteiger partial charge in [-0.2, -0.15) is 0 Å². The van der Waals surface area contributed by atoms with Crippen molar-refractivity contribution in [1.29, 1.82) is 0 Å². The number of rotatable bonds is 8. The number of amides is 1. The van der Waals surface area contributed by atoms with Crippen LogP contribution in [0.15, 0.2) is 12.2 Å². The minimum Gasteiger partial charge on any atom is -0.376 e. The van der Waals surface area contributed by atoms with Gasteiger partial charge >= 0.3 is 0 Å². The van der Waals surface area contributed by atoms with Gasteiger partial charge in [0.15, 0.2) is 0 Å². The zero-order valence-electron chi connectivity index (χ0n) is 16.9. The third kappa shape index (κ3) is 12.5. The Morgan fingerprint density at radius 1 is 1.33 bits per heavy atom. The molecule has 1 rings (SSSR count). The molecule has 0 spiro atoms. The molecule has 0 aromatic carbocycles. The molecule has 0 heterocycles. The van der Waals surface area contributed by atoms with Gasteiger partial charge in [-0.15, -0.1) is 0 Å². The number of ether oxygens (including phenoxy) is 1. The van der Waals surface area contributed by atoms with Gasteiger partial charge in [0.25, 0.3) is 5.91 Å². The van der Waals surface area contributed by atoms with Gasteiger partial charge in [0.1, 0.15) is 0 Å². The first kappa shape index (κ1) is 23.1. The first-order valence-corrected chi connectivity index (χ1v) is 9.31. The van der Waals surface area contributed by atoms with Crippen LogP contribution in [0.5, 0.6) is 0 Å². The molecule has 24 heavy (non-hydrogen) atoms. The number of hydrogen-bond donors (Lipinski definition) is 0. The van der Waals surface area contributed by atoms with E-state index in [1.165, 1.54) is 31.4 Å². The maximum atomic E-state index is 11.4. The Morgan fingerprint density at radius 2 is 1.92 bits per heavy atom. The summed E-state index contributed by atoms with van der Waals surface area (Å²) >= 11 is 0. The Bertz CT molecular complexity index is 356. The van der Waals surface area contributed by atoms with Crippen molar-refractivity contribution in [2.75, 3.05) is 20.8 Å². The van der Waals surface area contributed by atoms with Gasteiger partial charge in [-0.3, -0.25) is 9.63 Å². The van der Waals surface area contributed by atoms with Crippen molar-refractivity contribution in [2.45, 2.75) is 78.7 Å². The summed E-state index contributed by atoms with van der Waals surface area (Å²) in [5.74, 6) is 1.47. The molecule has 4 nitrogen and oxygen atoms in total. The van der Waals surface area contributed by atoms with Crippen LogP contribution in [0.3, 0.4) is 0 Å². The van der Waals surface area contributed by atoms with E-state index in [4.69, 9.17) is 9.57 Å². The summed E-state index contributed by atoms with van der Waals surface area (Å²) in [5, 5.41) is 1.20. The molecule has 1 amide bonds. The molecule has 1 aliphatic rings. The van der Waals surface area contributed by atoms with Gasteiger partial charge in [0.05, 0.1) is 19.3 Å². The highest BCUT2D eigenvalue weighted by Crippen LogP contribution is 2.24. The molecular weight excluding hydrogens is 302 g/mol. The quantitative estimate of drug-likeness (QED) is 0.461. The molecule has 0 bridgehead atoms. The Balaban J connectivity index is 0.000000889. The van der Waals surface area contributed by atoms with Crippen LogP contribution in [0.2, 0.25) is 0 Å². The van der Waals surface area contributed by atoms with Crippen LogP contribution in [0.4, 0.5) is 0 Å². The fourth-order valence-corrected chi connectivity index (χ4v) is 2.10. The van der Waals surface area contributed by atoms with E-state index < -0.39 is 0 Å². The zero-order valence-corrected chi connectivity index (χ0v) is 16.9. The summed E-state index contributed by atoms with van der Waals surface area (Å²) in [6.07, 6.45) is 10.9. The van der Waals surface area contributed by atoms with E-state index >= 15 is 0 Å². The summed E-state index contributed by atoms with van der Waals surface area (Å²) in [4.78, 5) is 16.2. The molecule has 0 aliphatic heterocycles. The lowest BCUT2D eigenvalue weighted by Gasteiger charge is -2.23. The molecule has 1 atom stereocenters. The largest absolute Gasteiger partial charge is 0.376 e. The predicted octanol–water partition coefficient (Wildman–Crippen LogP) is 4.99. The van der Waals surface area contributed by atoms with Crippen LogP contribution in [0.1, 0.15) is 73.1 Å². The van der Waals surface area contributed by atoms with Crippen LogP contribution in [0.25, 0.3) is 0 Å². The number of hydroxylamine groups is 2. The number of carbonyl (C=O) groups is 1. The monoisotopic (exact) mass is 341 g/mol. The van der Waals surface area contributed by atoms with Crippen LogP contribution in [-0.4, -0.2) is 37.3 Å². The molecule has 0 radical (unpaired) electrons. The third-order valence-electron chi connectivity index (χ3n) is 4.31. The molecule has 1 saturated carbocycles. The van der Waals surface area contributed by atoms with Gasteiger partial charge in [0, 0.05) is 13.1 Å². The summed E-state index contributed by atoms with van der Waals surface area (Å²) in [7, 11) is 3.07. The first-order valence-electron chi connectivity index (χ1n) is 9.31. The summed E-state index contributed by atoms with van der Waals surface area (Å²) < 4.78 is 5.80. The van der Waals surface area contributed by atoms with Crippen molar-refractivity contribution in [3.63, 3.8) is 0 Å². The average molecular weight is 342 g/mol. The van der Waals surface area contributed by atoms with Crippen LogP contribution >= 0.6 is 0 Å². The van der Waals surface area contributed by atoms with Crippen molar-refractivity contribution in [2.24, 2.45) is 11.8 Å². The second-order valence-electron chi connectivity index (χ2n) is 7.73. The second kappa shape index (κ2) is 12.5. The third-order valence-corrected chi connectivity index (χ3v) is 4.31. The molecule has 142 valence electrons. The standard InChI is InChI=1S/C15H29NO3.C5H10/c1-7-13(12-19-15(2,3)4)10-8-9-11-14(17)16(5)18-6;1-5-3-2-4-5/h9,11,13H,7-8,10,12H2,1-6H3;5H,2-4H2,1H3/b11-9+;. The number of carbonyl (C=O) groups excluding carboxylic acids is 1. The molecular formula is C20H39NO3. The molecule has 4 heteroatoms. The van der Waals surface area contributed by atoms with Gasteiger partial charge in [-0.25, -0.2) is 5.06 Å². The Labute approximate surface area is 149 Å². The van der Waals surface area contributed by atoms with E-state index in [0.717, 1.165) is 31.8 Å². The smallest absolute Gasteiger partial charge is 0.269 e. The molecule has 0 aromatic rings. The van der Waals surface area contributed by atoms with Crippen LogP contribution in [-0.2, 0) is 14.4 Å². The molecule has 1 unspecified atom stereocenters. The highest BCUT2D eigenvalue weighted by molar-refractivity contribution is 5.86. The lowest BCUT2D eigenvalue weighted by Crippen LogP contribution is -2.23. The lowest BCUT2D eigenvalue weighted by atomic mass is 9.88. The zero-order chi connectivity index (χ0) is 18.6. The fourth-order valence-electron chi connectivity index (χ4n) is 2.10. The summed E-state index contributed by atoms with van der Waals surface area (Å²) in [6.45, 7) is 11.5. The van der Waals surface area contributed by atoms with Crippen molar-refractivity contribution in [3.05, 3.63) is 12.2 Å². The van der Waals surface area contributed by atoms with E-state index in [2.05, 4.69) is 34.6 Å². The molecule has 1 fully saturated rings. The van der Waals surface area contributed by atoms with Gasteiger partial charge in [0.2, 0.25) is 0 Å². The Morgan fingerprint density at radius 3 is 2.29 bits per heavy atom. The molecule has 0 N–H and O–H groups in total. The normalized spacial score (nSPS) is 16.3. The predicted molar refractivity (Wildman–Crippen MR) is 101 cm³/mol. The van der Waals surface area contributed by atoms with Crippen molar-refractivity contribution < 1.29 is 14.4 Å². The van der Waals surface area contributed by atoms with E-state index in [0.29, 0.717) is 5.92 Å². The van der Waals surface area contributed by atoms with Crippen LogP contribution < -0.4 is 0 Å². The van der Waals surface area contributed by atoms with Crippen molar-refractivity contribution in [1.82, 2.24) is 5.06 Å². The molecule has 0 saturated heterocycles. The number of hydrogen-bond acceptors (Lipinski definition) is 3. The van der Waals surface area contributed by atoms with Crippen molar-refractivity contribution in [3.8, 4) is 0 Å². The maximum Gasteiger partial charge on any atom is 0.269 e. The summed E-state index contributed by atoms with van der Waals surface area (Å²) in [5.41, 5.74) is -0.0829.